The van der Waals surface area contributed by atoms with Crippen molar-refractivity contribution in [1.29, 1.82) is 0 Å². The molecule has 0 atom stereocenters. The number of aromatic nitrogens is 1. The number of rotatable bonds is 6. The molecule has 0 fully saturated rings. The van der Waals surface area contributed by atoms with Crippen LogP contribution in [0.5, 0.6) is 0 Å². The Morgan fingerprint density at radius 2 is 1.62 bits per heavy atom. The zero-order valence-corrected chi connectivity index (χ0v) is 19.0. The highest BCUT2D eigenvalue weighted by molar-refractivity contribution is 8.01. The van der Waals surface area contributed by atoms with Crippen LogP contribution in [0.4, 0.5) is 35.0 Å². The summed E-state index contributed by atoms with van der Waals surface area (Å²) in [6.07, 6.45) is -4.59. The number of alkyl halides is 3. The third-order valence-corrected chi connectivity index (χ3v) is 6.65. The van der Waals surface area contributed by atoms with Crippen LogP contribution in [0, 0.1) is 0 Å². The van der Waals surface area contributed by atoms with E-state index in [9.17, 15) is 22.8 Å². The fourth-order valence-electron chi connectivity index (χ4n) is 3.01. The number of amides is 3. The molecule has 3 aromatic carbocycles. The lowest BCUT2D eigenvalue weighted by Gasteiger charge is -2.14. The maximum atomic E-state index is 13.1. The van der Waals surface area contributed by atoms with E-state index in [1.165, 1.54) is 41.3 Å². The van der Waals surface area contributed by atoms with E-state index >= 15 is 0 Å². The predicted molar refractivity (Wildman–Crippen MR) is 130 cm³/mol. The van der Waals surface area contributed by atoms with Gasteiger partial charge in [0.1, 0.15) is 0 Å². The van der Waals surface area contributed by atoms with Gasteiger partial charge >= 0.3 is 12.2 Å². The zero-order chi connectivity index (χ0) is 24.1. The van der Waals surface area contributed by atoms with E-state index in [-0.39, 0.29) is 17.3 Å². The van der Waals surface area contributed by atoms with Gasteiger partial charge in [-0.15, -0.1) is 11.3 Å². The number of urea groups is 1. The maximum absolute atomic E-state index is 13.1. The lowest BCUT2D eigenvalue weighted by Crippen LogP contribution is -2.21. The van der Waals surface area contributed by atoms with E-state index in [1.54, 1.807) is 30.3 Å². The molecule has 0 saturated heterocycles. The molecule has 11 heteroatoms. The van der Waals surface area contributed by atoms with Gasteiger partial charge < -0.3 is 16.0 Å². The standard InChI is InChI=1S/C23H17F3N4O2S2/c24-23(25,26)16-8-4-5-9-17(16)29-21(32)28-15-10-11-18-19(12-15)34-22(30-18)33-13-20(31)27-14-6-2-1-3-7-14/h1-12H,13H2,(H,27,31)(H2,28,29,32). The van der Waals surface area contributed by atoms with Crippen molar-refractivity contribution in [1.82, 2.24) is 4.98 Å². The minimum atomic E-state index is -4.59. The molecule has 0 aliphatic carbocycles. The van der Waals surface area contributed by atoms with Gasteiger partial charge in [-0.1, -0.05) is 42.1 Å². The number of carbonyl (C=O) groups excluding carboxylic acids is 2. The normalized spacial score (nSPS) is 11.3. The van der Waals surface area contributed by atoms with Crippen LogP contribution >= 0.6 is 23.1 Å². The number of thioether (sulfide) groups is 1. The Morgan fingerprint density at radius 3 is 2.38 bits per heavy atom. The number of hydrogen-bond donors (Lipinski definition) is 3. The molecule has 0 radical (unpaired) electrons. The molecule has 34 heavy (non-hydrogen) atoms. The van der Waals surface area contributed by atoms with Crippen molar-refractivity contribution in [2.24, 2.45) is 0 Å². The molecule has 1 aromatic heterocycles. The number of nitrogens with one attached hydrogen (secondary N) is 3. The van der Waals surface area contributed by atoms with E-state index in [1.807, 2.05) is 18.2 Å². The molecular formula is C23H17F3N4O2S2. The number of anilines is 3. The molecule has 6 nitrogen and oxygen atoms in total. The Balaban J connectivity index is 1.38. The fraction of sp³-hybridized carbons (Fsp3) is 0.0870. The topological polar surface area (TPSA) is 83.1 Å². The molecule has 0 aliphatic heterocycles. The van der Waals surface area contributed by atoms with E-state index in [0.29, 0.717) is 21.2 Å². The first-order valence-electron chi connectivity index (χ1n) is 9.90. The first-order valence-corrected chi connectivity index (χ1v) is 11.7. The predicted octanol–water partition coefficient (Wildman–Crippen LogP) is 6.69. The maximum Gasteiger partial charge on any atom is 0.418 e. The Morgan fingerprint density at radius 1 is 0.882 bits per heavy atom. The minimum Gasteiger partial charge on any atom is -0.325 e. The highest BCUT2D eigenvalue weighted by Gasteiger charge is 2.33. The van der Waals surface area contributed by atoms with E-state index in [0.717, 1.165) is 10.8 Å². The van der Waals surface area contributed by atoms with Gasteiger partial charge in [0.25, 0.3) is 0 Å². The summed E-state index contributed by atoms with van der Waals surface area (Å²) in [5, 5.41) is 7.58. The minimum absolute atomic E-state index is 0.159. The molecule has 0 saturated carbocycles. The van der Waals surface area contributed by atoms with Gasteiger partial charge in [0.2, 0.25) is 5.91 Å². The van der Waals surface area contributed by atoms with Crippen molar-refractivity contribution in [3.05, 3.63) is 78.4 Å². The number of fused-ring (bicyclic) bond motifs is 1. The Bertz CT molecular complexity index is 1330. The summed E-state index contributed by atoms with van der Waals surface area (Å²) in [7, 11) is 0. The first-order chi connectivity index (χ1) is 16.3. The van der Waals surface area contributed by atoms with E-state index in [4.69, 9.17) is 0 Å². The molecule has 0 bridgehead atoms. The quantitative estimate of drug-likeness (QED) is 0.257. The lowest BCUT2D eigenvalue weighted by atomic mass is 10.1. The molecule has 174 valence electrons. The summed E-state index contributed by atoms with van der Waals surface area (Å²) in [6.45, 7) is 0. The van der Waals surface area contributed by atoms with Crippen molar-refractivity contribution in [3.63, 3.8) is 0 Å². The summed E-state index contributed by atoms with van der Waals surface area (Å²) in [5.41, 5.74) is 0.532. The van der Waals surface area contributed by atoms with Gasteiger partial charge in [0, 0.05) is 11.4 Å². The number of carbonyl (C=O) groups is 2. The van der Waals surface area contributed by atoms with Crippen LogP contribution in [0.2, 0.25) is 0 Å². The number of halogens is 3. The van der Waals surface area contributed by atoms with Crippen molar-refractivity contribution < 1.29 is 22.8 Å². The molecule has 0 spiro atoms. The average Bonchev–Trinajstić information content (AvgIpc) is 3.20. The second kappa shape index (κ2) is 10.1. The highest BCUT2D eigenvalue weighted by atomic mass is 32.2. The second-order valence-corrected chi connectivity index (χ2v) is 9.24. The Labute approximate surface area is 200 Å². The van der Waals surface area contributed by atoms with E-state index in [2.05, 4.69) is 20.9 Å². The van der Waals surface area contributed by atoms with Crippen LogP contribution in [0.15, 0.2) is 77.1 Å². The van der Waals surface area contributed by atoms with Crippen LogP contribution in [-0.4, -0.2) is 22.7 Å². The monoisotopic (exact) mass is 502 g/mol. The molecular weight excluding hydrogens is 485 g/mol. The zero-order valence-electron chi connectivity index (χ0n) is 17.3. The van der Waals surface area contributed by atoms with Crippen LogP contribution < -0.4 is 16.0 Å². The second-order valence-electron chi connectivity index (χ2n) is 6.99. The van der Waals surface area contributed by atoms with Crippen LogP contribution in [0.1, 0.15) is 5.56 Å². The first kappa shape index (κ1) is 23.6. The number of thiazole rings is 1. The molecule has 0 unspecified atom stereocenters. The van der Waals surface area contributed by atoms with Gasteiger partial charge in [-0.2, -0.15) is 13.2 Å². The average molecular weight is 503 g/mol. The SMILES string of the molecule is O=C(CSc1nc2ccc(NC(=O)Nc3ccccc3C(F)(F)F)cc2s1)Nc1ccccc1. The number of benzene rings is 3. The summed E-state index contributed by atoms with van der Waals surface area (Å²) in [4.78, 5) is 28.9. The van der Waals surface area contributed by atoms with Gasteiger partial charge in [-0.05, 0) is 42.5 Å². The van der Waals surface area contributed by atoms with Gasteiger partial charge in [-0.25, -0.2) is 9.78 Å². The van der Waals surface area contributed by atoms with Gasteiger partial charge in [-0.3, -0.25) is 4.79 Å². The summed E-state index contributed by atoms with van der Waals surface area (Å²) in [5.74, 6) is 0.0227. The number of para-hydroxylation sites is 2. The third-order valence-electron chi connectivity index (χ3n) is 4.49. The molecule has 1 heterocycles. The third kappa shape index (κ3) is 6.06. The number of hydrogen-bond acceptors (Lipinski definition) is 5. The Hall–Kier alpha value is -3.57. The fourth-order valence-corrected chi connectivity index (χ4v) is 4.92. The smallest absolute Gasteiger partial charge is 0.325 e. The Kier molecular flexibility index (Phi) is 7.03. The summed E-state index contributed by atoms with van der Waals surface area (Å²) in [6, 6.07) is 18.0. The van der Waals surface area contributed by atoms with Gasteiger partial charge in [0.15, 0.2) is 4.34 Å². The van der Waals surface area contributed by atoms with Gasteiger partial charge in [0.05, 0.1) is 27.2 Å². The highest BCUT2D eigenvalue weighted by Crippen LogP contribution is 2.35. The van der Waals surface area contributed by atoms with Crippen LogP contribution in [-0.2, 0) is 11.0 Å². The molecule has 3 N–H and O–H groups in total. The van der Waals surface area contributed by atoms with Crippen molar-refractivity contribution >= 4 is 62.3 Å². The molecule has 3 amide bonds. The van der Waals surface area contributed by atoms with Crippen molar-refractivity contribution in [2.45, 2.75) is 10.5 Å². The van der Waals surface area contributed by atoms with Crippen molar-refractivity contribution in [2.75, 3.05) is 21.7 Å². The van der Waals surface area contributed by atoms with Crippen LogP contribution in [0.25, 0.3) is 10.2 Å². The van der Waals surface area contributed by atoms with Crippen LogP contribution in [0.3, 0.4) is 0 Å². The largest absolute Gasteiger partial charge is 0.418 e. The van der Waals surface area contributed by atoms with E-state index < -0.39 is 17.8 Å². The summed E-state index contributed by atoms with van der Waals surface area (Å²) >= 11 is 2.64. The molecule has 4 aromatic rings. The lowest BCUT2D eigenvalue weighted by molar-refractivity contribution is -0.136. The van der Waals surface area contributed by atoms with Crippen molar-refractivity contribution in [3.8, 4) is 0 Å². The number of nitrogens with zero attached hydrogens (tertiary/aromatic N) is 1. The molecule has 4 rings (SSSR count). The molecule has 0 aliphatic rings. The summed E-state index contributed by atoms with van der Waals surface area (Å²) < 4.78 is 40.8.